The number of nitrogens with zero attached hydrogens (tertiary/aromatic N) is 2. The number of hydrogen-bond acceptors (Lipinski definition) is 4. The minimum absolute atomic E-state index is 0.0556. The predicted molar refractivity (Wildman–Crippen MR) is 67.0 cm³/mol. The van der Waals surface area contributed by atoms with Crippen molar-refractivity contribution in [3.63, 3.8) is 0 Å². The van der Waals surface area contributed by atoms with Crippen LogP contribution in [0.15, 0.2) is 12.4 Å². The van der Waals surface area contributed by atoms with Crippen molar-refractivity contribution in [1.29, 1.82) is 0 Å². The van der Waals surface area contributed by atoms with Crippen molar-refractivity contribution in [1.82, 2.24) is 9.78 Å². The van der Waals surface area contributed by atoms with Gasteiger partial charge >= 0.3 is 0 Å². The summed E-state index contributed by atoms with van der Waals surface area (Å²) in [5.74, 6) is 0.463. The van der Waals surface area contributed by atoms with Gasteiger partial charge < -0.3 is 15.2 Å². The van der Waals surface area contributed by atoms with Crippen LogP contribution in [0, 0.1) is 5.92 Å². The molecule has 2 aliphatic heterocycles. The lowest BCUT2D eigenvalue weighted by molar-refractivity contribution is -0.101. The van der Waals surface area contributed by atoms with Gasteiger partial charge in [-0.2, -0.15) is 5.10 Å². The van der Waals surface area contributed by atoms with Gasteiger partial charge in [-0.05, 0) is 18.8 Å². The van der Waals surface area contributed by atoms with E-state index in [1.54, 1.807) is 0 Å². The fourth-order valence-corrected chi connectivity index (χ4v) is 3.12. The molecule has 0 radical (unpaired) electrons. The molecule has 0 aliphatic carbocycles. The summed E-state index contributed by atoms with van der Waals surface area (Å²) in [6, 6.07) is 0.0556. The quantitative estimate of drug-likeness (QED) is 0.852. The molecule has 3 heterocycles. The number of aromatic nitrogens is 2. The molecule has 0 saturated carbocycles. The van der Waals surface area contributed by atoms with Crippen molar-refractivity contribution < 1.29 is 9.47 Å². The molecule has 100 valence electrons. The molecular weight excluding hydrogens is 230 g/mol. The first-order valence-electron chi connectivity index (χ1n) is 6.64. The van der Waals surface area contributed by atoms with Crippen LogP contribution in [0.1, 0.15) is 30.9 Å². The smallest absolute Gasteiger partial charge is 0.0940 e. The standard InChI is InChI=1S/C13H21N3O2/c1-16-8-11(7-15-16)12(14)10-2-4-18-13(6-10)3-5-17-9-13/h7-8,10,12H,2-6,9,14H2,1H3. The minimum Gasteiger partial charge on any atom is -0.378 e. The number of hydrogen-bond donors (Lipinski definition) is 1. The lowest BCUT2D eigenvalue weighted by Crippen LogP contribution is -2.43. The maximum atomic E-state index is 6.38. The Kier molecular flexibility index (Phi) is 3.13. The van der Waals surface area contributed by atoms with Gasteiger partial charge in [0.25, 0.3) is 0 Å². The summed E-state index contributed by atoms with van der Waals surface area (Å²) in [4.78, 5) is 0. The highest BCUT2D eigenvalue weighted by Crippen LogP contribution is 2.39. The molecular formula is C13H21N3O2. The van der Waals surface area contributed by atoms with Crippen LogP contribution < -0.4 is 5.73 Å². The zero-order valence-corrected chi connectivity index (χ0v) is 10.8. The van der Waals surface area contributed by atoms with E-state index in [2.05, 4.69) is 5.10 Å². The van der Waals surface area contributed by atoms with E-state index < -0.39 is 0 Å². The van der Waals surface area contributed by atoms with E-state index in [-0.39, 0.29) is 11.6 Å². The van der Waals surface area contributed by atoms with Crippen LogP contribution in [-0.2, 0) is 16.5 Å². The third-order valence-corrected chi connectivity index (χ3v) is 4.22. The van der Waals surface area contributed by atoms with Crippen LogP contribution in [0.3, 0.4) is 0 Å². The summed E-state index contributed by atoms with van der Waals surface area (Å²) in [6.07, 6.45) is 6.92. The van der Waals surface area contributed by atoms with Gasteiger partial charge in [0.15, 0.2) is 0 Å². The summed E-state index contributed by atoms with van der Waals surface area (Å²) in [7, 11) is 1.92. The third kappa shape index (κ3) is 2.18. The van der Waals surface area contributed by atoms with E-state index in [0.29, 0.717) is 5.92 Å². The van der Waals surface area contributed by atoms with Crippen LogP contribution in [0.25, 0.3) is 0 Å². The highest BCUT2D eigenvalue weighted by Gasteiger charge is 2.42. The van der Waals surface area contributed by atoms with Crippen LogP contribution >= 0.6 is 0 Å². The fourth-order valence-electron chi connectivity index (χ4n) is 3.12. The van der Waals surface area contributed by atoms with Crippen molar-refractivity contribution in [2.75, 3.05) is 19.8 Å². The van der Waals surface area contributed by atoms with E-state index in [0.717, 1.165) is 44.6 Å². The Hall–Kier alpha value is -0.910. The topological polar surface area (TPSA) is 62.3 Å². The Morgan fingerprint density at radius 1 is 1.56 bits per heavy atom. The summed E-state index contributed by atoms with van der Waals surface area (Å²) in [6.45, 7) is 2.33. The lowest BCUT2D eigenvalue weighted by Gasteiger charge is -2.39. The Morgan fingerprint density at radius 3 is 3.11 bits per heavy atom. The van der Waals surface area contributed by atoms with Gasteiger partial charge in [0, 0.05) is 44.5 Å². The van der Waals surface area contributed by atoms with Crippen molar-refractivity contribution in [3.8, 4) is 0 Å². The predicted octanol–water partition coefficient (Wildman–Crippen LogP) is 1.01. The zero-order chi connectivity index (χ0) is 12.6. The number of nitrogens with two attached hydrogens (primary N) is 1. The molecule has 3 atom stereocenters. The highest BCUT2D eigenvalue weighted by molar-refractivity contribution is 5.12. The summed E-state index contributed by atoms with van der Waals surface area (Å²) in [5.41, 5.74) is 7.44. The van der Waals surface area contributed by atoms with Gasteiger partial charge in [0.2, 0.25) is 0 Å². The van der Waals surface area contributed by atoms with Gasteiger partial charge in [-0.3, -0.25) is 4.68 Å². The van der Waals surface area contributed by atoms with E-state index in [1.807, 2.05) is 24.1 Å². The molecule has 5 nitrogen and oxygen atoms in total. The summed E-state index contributed by atoms with van der Waals surface area (Å²) in [5, 5.41) is 4.20. The Bertz CT molecular complexity index is 412. The second-order valence-corrected chi connectivity index (χ2v) is 5.56. The van der Waals surface area contributed by atoms with E-state index in [4.69, 9.17) is 15.2 Å². The first kappa shape index (κ1) is 12.1. The molecule has 18 heavy (non-hydrogen) atoms. The monoisotopic (exact) mass is 251 g/mol. The molecule has 0 amide bonds. The van der Waals surface area contributed by atoms with Crippen molar-refractivity contribution in [2.45, 2.75) is 30.9 Å². The van der Waals surface area contributed by atoms with Crippen molar-refractivity contribution in [3.05, 3.63) is 18.0 Å². The molecule has 1 aromatic heterocycles. The first-order chi connectivity index (χ1) is 8.69. The lowest BCUT2D eigenvalue weighted by atomic mass is 9.80. The molecule has 0 aromatic carbocycles. The van der Waals surface area contributed by atoms with Gasteiger partial charge in [-0.15, -0.1) is 0 Å². The van der Waals surface area contributed by atoms with Crippen molar-refractivity contribution >= 4 is 0 Å². The Morgan fingerprint density at radius 2 is 2.44 bits per heavy atom. The Balaban J connectivity index is 1.72. The molecule has 1 spiro atoms. The molecule has 5 heteroatoms. The normalized spacial score (nSPS) is 34.0. The maximum absolute atomic E-state index is 6.38. The molecule has 2 aliphatic rings. The highest BCUT2D eigenvalue weighted by atomic mass is 16.6. The summed E-state index contributed by atoms with van der Waals surface area (Å²) < 4.78 is 13.2. The average molecular weight is 251 g/mol. The molecule has 2 fully saturated rings. The van der Waals surface area contributed by atoms with E-state index in [9.17, 15) is 0 Å². The van der Waals surface area contributed by atoms with Crippen LogP contribution in [0.2, 0.25) is 0 Å². The van der Waals surface area contributed by atoms with Gasteiger partial charge in [-0.1, -0.05) is 0 Å². The fraction of sp³-hybridized carbons (Fsp3) is 0.769. The third-order valence-electron chi connectivity index (χ3n) is 4.22. The van der Waals surface area contributed by atoms with Gasteiger partial charge in [0.05, 0.1) is 18.4 Å². The van der Waals surface area contributed by atoms with E-state index >= 15 is 0 Å². The Labute approximate surface area is 107 Å². The van der Waals surface area contributed by atoms with Crippen LogP contribution in [0.4, 0.5) is 0 Å². The largest absolute Gasteiger partial charge is 0.378 e. The second kappa shape index (κ2) is 4.64. The molecule has 0 bridgehead atoms. The average Bonchev–Trinajstić information content (AvgIpc) is 2.98. The van der Waals surface area contributed by atoms with E-state index in [1.165, 1.54) is 0 Å². The maximum Gasteiger partial charge on any atom is 0.0940 e. The summed E-state index contributed by atoms with van der Waals surface area (Å²) >= 11 is 0. The van der Waals surface area contributed by atoms with Crippen LogP contribution in [-0.4, -0.2) is 35.2 Å². The molecule has 3 unspecified atom stereocenters. The minimum atomic E-state index is -0.0667. The zero-order valence-electron chi connectivity index (χ0n) is 10.8. The first-order valence-corrected chi connectivity index (χ1v) is 6.64. The SMILES string of the molecule is Cn1cc(C(N)C2CCOC3(CCOC3)C2)cn1. The number of rotatable bonds is 2. The molecule has 3 rings (SSSR count). The van der Waals surface area contributed by atoms with Gasteiger partial charge in [-0.25, -0.2) is 0 Å². The van der Waals surface area contributed by atoms with Gasteiger partial charge in [0.1, 0.15) is 0 Å². The molecule has 1 aromatic rings. The molecule has 2 N–H and O–H groups in total. The number of aryl methyl sites for hydroxylation is 1. The second-order valence-electron chi connectivity index (χ2n) is 5.56. The van der Waals surface area contributed by atoms with Crippen LogP contribution in [0.5, 0.6) is 0 Å². The number of ether oxygens (including phenoxy) is 2. The van der Waals surface area contributed by atoms with Crippen molar-refractivity contribution in [2.24, 2.45) is 18.7 Å². The molecule has 2 saturated heterocycles.